The molecule has 0 spiro atoms. The van der Waals surface area contributed by atoms with Crippen LogP contribution >= 0.6 is 0 Å². The van der Waals surface area contributed by atoms with E-state index in [1.54, 1.807) is 6.92 Å². The lowest BCUT2D eigenvalue weighted by atomic mass is 9.72. The molecule has 1 amide bonds. The summed E-state index contributed by atoms with van der Waals surface area (Å²) in [6, 6.07) is 0. The van der Waals surface area contributed by atoms with Crippen LogP contribution in [0.3, 0.4) is 0 Å². The SMILES string of the molecule is CC1=C(/C=C/C(C)=C/C=C/C(C)=C/C(=O)NCc2c(CO)cnc(C)c2O)C(C)(C)CCC1. The number of allylic oxidation sites excluding steroid dienone is 9. The summed E-state index contributed by atoms with van der Waals surface area (Å²) < 4.78 is 0. The summed E-state index contributed by atoms with van der Waals surface area (Å²) in [6.45, 7) is 12.3. The summed E-state index contributed by atoms with van der Waals surface area (Å²) in [5.74, 6) is -0.267. The number of nitrogens with one attached hydrogen (secondary N) is 1. The molecule has 0 bridgehead atoms. The van der Waals surface area contributed by atoms with Gasteiger partial charge in [-0.1, -0.05) is 55.4 Å². The van der Waals surface area contributed by atoms with Gasteiger partial charge in [-0.05, 0) is 63.5 Å². The first-order valence-corrected chi connectivity index (χ1v) is 11.5. The normalized spacial score (nSPS) is 17.3. The van der Waals surface area contributed by atoms with E-state index < -0.39 is 0 Å². The van der Waals surface area contributed by atoms with Gasteiger partial charge in [0.15, 0.2) is 0 Å². The molecule has 0 fully saturated rings. The first-order valence-electron chi connectivity index (χ1n) is 11.5. The van der Waals surface area contributed by atoms with Crippen LogP contribution < -0.4 is 5.32 Å². The van der Waals surface area contributed by atoms with Gasteiger partial charge in [-0.3, -0.25) is 9.78 Å². The van der Waals surface area contributed by atoms with Crippen LogP contribution in [-0.2, 0) is 17.9 Å². The molecule has 0 saturated heterocycles. The third-order valence-electron chi connectivity index (χ3n) is 6.17. The minimum atomic E-state index is -0.266. The highest BCUT2D eigenvalue weighted by molar-refractivity contribution is 5.88. The van der Waals surface area contributed by atoms with Crippen molar-refractivity contribution >= 4 is 5.91 Å². The Morgan fingerprint density at radius 2 is 1.94 bits per heavy atom. The van der Waals surface area contributed by atoms with E-state index >= 15 is 0 Å². The Bertz CT molecular complexity index is 1020. The molecule has 178 valence electrons. The molecule has 0 radical (unpaired) electrons. The number of amides is 1. The van der Waals surface area contributed by atoms with Crippen molar-refractivity contribution in [2.75, 3.05) is 0 Å². The van der Waals surface area contributed by atoms with E-state index in [-0.39, 0.29) is 30.2 Å². The molecule has 1 heterocycles. The quantitative estimate of drug-likeness (QED) is 0.349. The van der Waals surface area contributed by atoms with Gasteiger partial charge in [0.25, 0.3) is 0 Å². The van der Waals surface area contributed by atoms with Crippen molar-refractivity contribution < 1.29 is 15.0 Å². The molecule has 1 aliphatic rings. The van der Waals surface area contributed by atoms with E-state index in [0.717, 1.165) is 11.1 Å². The Balaban J connectivity index is 1.97. The summed E-state index contributed by atoms with van der Waals surface area (Å²) >= 11 is 0. The highest BCUT2D eigenvalue weighted by atomic mass is 16.3. The lowest BCUT2D eigenvalue weighted by Crippen LogP contribution is -2.21. The number of aromatic hydroxyl groups is 1. The number of aromatic nitrogens is 1. The lowest BCUT2D eigenvalue weighted by molar-refractivity contribution is -0.116. The predicted octanol–water partition coefficient (Wildman–Crippen LogP) is 5.74. The maximum absolute atomic E-state index is 12.3. The molecule has 1 aromatic rings. The van der Waals surface area contributed by atoms with E-state index in [2.05, 4.69) is 50.1 Å². The Morgan fingerprint density at radius 1 is 1.21 bits per heavy atom. The average molecular weight is 451 g/mol. The maximum atomic E-state index is 12.3. The van der Waals surface area contributed by atoms with Crippen LogP contribution in [0.15, 0.2) is 64.9 Å². The fourth-order valence-electron chi connectivity index (χ4n) is 4.13. The zero-order valence-corrected chi connectivity index (χ0v) is 20.8. The summed E-state index contributed by atoms with van der Waals surface area (Å²) in [5.41, 5.74) is 6.55. The lowest BCUT2D eigenvalue weighted by Gasteiger charge is -2.32. The van der Waals surface area contributed by atoms with E-state index in [4.69, 9.17) is 0 Å². The molecule has 0 aromatic carbocycles. The first kappa shape index (κ1) is 26.3. The van der Waals surface area contributed by atoms with Crippen LogP contribution in [0.4, 0.5) is 0 Å². The Kier molecular flexibility index (Phi) is 9.42. The molecular weight excluding hydrogens is 412 g/mol. The van der Waals surface area contributed by atoms with Gasteiger partial charge in [-0.2, -0.15) is 0 Å². The molecule has 0 aliphatic heterocycles. The second-order valence-corrected chi connectivity index (χ2v) is 9.49. The van der Waals surface area contributed by atoms with Crippen LogP contribution in [-0.4, -0.2) is 21.1 Å². The minimum absolute atomic E-state index is 0.00122. The average Bonchev–Trinajstić information content (AvgIpc) is 2.73. The number of carbonyl (C=O) groups excluding carboxylic acids is 1. The number of carbonyl (C=O) groups is 1. The van der Waals surface area contributed by atoms with Gasteiger partial charge in [-0.15, -0.1) is 0 Å². The number of nitrogens with zero attached hydrogens (tertiary/aromatic N) is 1. The molecule has 2 rings (SSSR count). The van der Waals surface area contributed by atoms with Crippen LogP contribution in [0.5, 0.6) is 5.75 Å². The number of aryl methyl sites for hydroxylation is 1. The summed E-state index contributed by atoms with van der Waals surface area (Å²) in [4.78, 5) is 16.3. The molecule has 5 heteroatoms. The smallest absolute Gasteiger partial charge is 0.244 e. The van der Waals surface area contributed by atoms with Gasteiger partial charge in [0, 0.05) is 29.9 Å². The molecule has 0 unspecified atom stereocenters. The number of hydrogen-bond donors (Lipinski definition) is 3. The zero-order valence-electron chi connectivity index (χ0n) is 20.8. The topological polar surface area (TPSA) is 82.5 Å². The van der Waals surface area contributed by atoms with Crippen molar-refractivity contribution in [3.05, 3.63) is 81.8 Å². The molecule has 0 atom stereocenters. The van der Waals surface area contributed by atoms with Crippen molar-refractivity contribution in [2.24, 2.45) is 5.41 Å². The maximum Gasteiger partial charge on any atom is 0.244 e. The fourth-order valence-corrected chi connectivity index (χ4v) is 4.13. The third kappa shape index (κ3) is 7.57. The second kappa shape index (κ2) is 11.8. The highest BCUT2D eigenvalue weighted by Crippen LogP contribution is 2.40. The number of aliphatic hydroxyl groups excluding tert-OH is 1. The van der Waals surface area contributed by atoms with Gasteiger partial charge in [-0.25, -0.2) is 0 Å². The van der Waals surface area contributed by atoms with Crippen molar-refractivity contribution in [1.82, 2.24) is 10.3 Å². The molecule has 5 nitrogen and oxygen atoms in total. The standard InChI is InChI=1S/C28H38N2O3/c1-19(12-13-25-21(3)11-8-14-28(25,5)6)9-7-10-20(2)15-26(32)30-17-24-23(18-31)16-29-22(4)27(24)33/h7,9-10,12-13,15-16,31,33H,8,11,14,17-18H2,1-6H3,(H,30,32)/b10-7+,13-12+,19-9+,20-15+. The number of rotatable bonds is 8. The van der Waals surface area contributed by atoms with Gasteiger partial charge in [0.05, 0.1) is 12.3 Å². The van der Waals surface area contributed by atoms with Gasteiger partial charge in [0.2, 0.25) is 5.91 Å². The summed E-state index contributed by atoms with van der Waals surface area (Å²) in [7, 11) is 0. The summed E-state index contributed by atoms with van der Waals surface area (Å²) in [5, 5.41) is 22.4. The zero-order chi connectivity index (χ0) is 24.6. The van der Waals surface area contributed by atoms with E-state index in [1.165, 1.54) is 42.7 Å². The van der Waals surface area contributed by atoms with E-state index in [9.17, 15) is 15.0 Å². The first-order chi connectivity index (χ1) is 15.5. The molecule has 3 N–H and O–H groups in total. The summed E-state index contributed by atoms with van der Waals surface area (Å²) in [6.07, 6.45) is 17.0. The molecular formula is C28H38N2O3. The Labute approximate surface area is 198 Å². The van der Waals surface area contributed by atoms with Crippen molar-refractivity contribution in [3.63, 3.8) is 0 Å². The van der Waals surface area contributed by atoms with Crippen LogP contribution in [0.1, 0.15) is 70.7 Å². The Hall–Kier alpha value is -2.92. The highest BCUT2D eigenvalue weighted by Gasteiger charge is 2.26. The van der Waals surface area contributed by atoms with Gasteiger partial charge in [0.1, 0.15) is 5.75 Å². The van der Waals surface area contributed by atoms with Crippen molar-refractivity contribution in [2.45, 2.75) is 74.0 Å². The number of pyridine rings is 1. The van der Waals surface area contributed by atoms with Crippen molar-refractivity contribution in [1.29, 1.82) is 0 Å². The van der Waals surface area contributed by atoms with Gasteiger partial charge >= 0.3 is 0 Å². The third-order valence-corrected chi connectivity index (χ3v) is 6.17. The molecule has 1 aliphatic carbocycles. The predicted molar refractivity (Wildman–Crippen MR) is 135 cm³/mol. The fraction of sp³-hybridized carbons (Fsp3) is 0.429. The molecule has 33 heavy (non-hydrogen) atoms. The number of hydrogen-bond acceptors (Lipinski definition) is 4. The van der Waals surface area contributed by atoms with Gasteiger partial charge < -0.3 is 15.5 Å². The van der Waals surface area contributed by atoms with Crippen LogP contribution in [0, 0.1) is 12.3 Å². The molecule has 0 saturated carbocycles. The van der Waals surface area contributed by atoms with Crippen LogP contribution in [0.2, 0.25) is 0 Å². The second-order valence-electron chi connectivity index (χ2n) is 9.49. The van der Waals surface area contributed by atoms with Crippen LogP contribution in [0.25, 0.3) is 0 Å². The minimum Gasteiger partial charge on any atom is -0.506 e. The number of aliphatic hydroxyl groups is 1. The monoisotopic (exact) mass is 450 g/mol. The van der Waals surface area contributed by atoms with E-state index in [1.807, 2.05) is 25.2 Å². The largest absolute Gasteiger partial charge is 0.506 e. The van der Waals surface area contributed by atoms with Crippen molar-refractivity contribution in [3.8, 4) is 5.75 Å². The molecule has 1 aromatic heterocycles. The Morgan fingerprint density at radius 3 is 2.61 bits per heavy atom. The van der Waals surface area contributed by atoms with E-state index in [0.29, 0.717) is 16.8 Å².